The molecular weight excluding hydrogens is 258 g/mol. The lowest BCUT2D eigenvalue weighted by Gasteiger charge is -2.38. The van der Waals surface area contributed by atoms with E-state index in [2.05, 4.69) is 57.0 Å². The van der Waals surface area contributed by atoms with Gasteiger partial charge >= 0.3 is 0 Å². The van der Waals surface area contributed by atoms with E-state index < -0.39 is 0 Å². The van der Waals surface area contributed by atoms with Gasteiger partial charge in [0.25, 0.3) is 0 Å². The van der Waals surface area contributed by atoms with Crippen LogP contribution in [0.4, 0.5) is 5.82 Å². The molecule has 3 heteroatoms. The third-order valence-electron chi connectivity index (χ3n) is 4.29. The Balaban J connectivity index is 2.10. The Morgan fingerprint density at radius 2 is 2.05 bits per heavy atom. The summed E-state index contributed by atoms with van der Waals surface area (Å²) >= 11 is 0. The first-order valence-electron chi connectivity index (χ1n) is 8.40. The molecule has 0 aliphatic carbocycles. The van der Waals surface area contributed by atoms with E-state index in [1.54, 1.807) is 0 Å². The molecule has 2 heterocycles. The van der Waals surface area contributed by atoms with Crippen LogP contribution in [0.2, 0.25) is 0 Å². The van der Waals surface area contributed by atoms with Gasteiger partial charge in [0.2, 0.25) is 0 Å². The van der Waals surface area contributed by atoms with Gasteiger partial charge in [-0.15, -0.1) is 0 Å². The summed E-state index contributed by atoms with van der Waals surface area (Å²) in [5, 5.41) is 3.53. The highest BCUT2D eigenvalue weighted by Gasteiger charge is 2.24. The van der Waals surface area contributed by atoms with E-state index in [4.69, 9.17) is 4.98 Å². The monoisotopic (exact) mass is 289 g/mol. The van der Waals surface area contributed by atoms with Gasteiger partial charge in [0.15, 0.2) is 0 Å². The van der Waals surface area contributed by atoms with Crippen LogP contribution in [0.15, 0.2) is 12.1 Å². The van der Waals surface area contributed by atoms with Crippen LogP contribution in [0.5, 0.6) is 0 Å². The molecule has 1 aromatic heterocycles. The minimum absolute atomic E-state index is 0.604. The maximum Gasteiger partial charge on any atom is 0.129 e. The standard InChI is InChI=1S/C18H31N3/c1-13(2)10-19-11-17-8-15(4)20-18(9-17)21-12-14(3)6-7-16(21)5/h8-9,13-14,16,19H,6-7,10-12H2,1-5H3. The molecule has 0 spiro atoms. The van der Waals surface area contributed by atoms with Crippen LogP contribution in [-0.4, -0.2) is 24.1 Å². The molecule has 1 N–H and O–H groups in total. The smallest absolute Gasteiger partial charge is 0.129 e. The first kappa shape index (κ1) is 16.3. The number of nitrogens with zero attached hydrogens (tertiary/aromatic N) is 2. The third kappa shape index (κ3) is 4.70. The van der Waals surface area contributed by atoms with Crippen LogP contribution in [0.3, 0.4) is 0 Å². The van der Waals surface area contributed by atoms with Crippen LogP contribution in [0, 0.1) is 18.8 Å². The highest BCUT2D eigenvalue weighted by Crippen LogP contribution is 2.27. The zero-order chi connectivity index (χ0) is 15.4. The Hall–Kier alpha value is -1.09. The van der Waals surface area contributed by atoms with Gasteiger partial charge in [0.1, 0.15) is 5.82 Å². The molecular formula is C18H31N3. The molecule has 0 amide bonds. The Labute approximate surface area is 130 Å². The number of rotatable bonds is 5. The Kier molecular flexibility index (Phi) is 5.63. The molecule has 0 radical (unpaired) electrons. The van der Waals surface area contributed by atoms with Crippen molar-refractivity contribution in [3.8, 4) is 0 Å². The molecule has 1 saturated heterocycles. The third-order valence-corrected chi connectivity index (χ3v) is 4.29. The summed E-state index contributed by atoms with van der Waals surface area (Å²) in [6.07, 6.45) is 2.62. The molecule has 118 valence electrons. The van der Waals surface area contributed by atoms with E-state index in [1.807, 2.05) is 0 Å². The summed E-state index contributed by atoms with van der Waals surface area (Å²) in [5.74, 6) is 2.62. The van der Waals surface area contributed by atoms with Gasteiger partial charge in [-0.3, -0.25) is 0 Å². The molecule has 0 aromatic carbocycles. The largest absolute Gasteiger partial charge is 0.354 e. The first-order valence-corrected chi connectivity index (χ1v) is 8.40. The summed E-state index contributed by atoms with van der Waals surface area (Å²) in [6.45, 7) is 14.4. The van der Waals surface area contributed by atoms with Gasteiger partial charge in [-0.05, 0) is 62.8 Å². The Bertz CT molecular complexity index is 456. The van der Waals surface area contributed by atoms with Crippen LogP contribution < -0.4 is 10.2 Å². The van der Waals surface area contributed by atoms with Crippen molar-refractivity contribution in [1.82, 2.24) is 10.3 Å². The number of piperidine rings is 1. The van der Waals surface area contributed by atoms with Crippen LogP contribution >= 0.6 is 0 Å². The molecule has 1 aliphatic heterocycles. The summed E-state index contributed by atoms with van der Waals surface area (Å²) in [5.41, 5.74) is 2.47. The summed E-state index contributed by atoms with van der Waals surface area (Å²) in [4.78, 5) is 7.28. The first-order chi connectivity index (χ1) is 9.95. The fourth-order valence-corrected chi connectivity index (χ4v) is 3.08. The Morgan fingerprint density at radius 3 is 2.76 bits per heavy atom. The van der Waals surface area contributed by atoms with Crippen molar-refractivity contribution >= 4 is 5.82 Å². The number of anilines is 1. The average molecular weight is 289 g/mol. The SMILES string of the molecule is Cc1cc(CNCC(C)C)cc(N2CC(C)CCC2C)n1. The minimum atomic E-state index is 0.604. The second kappa shape index (κ2) is 7.26. The van der Waals surface area contributed by atoms with Crippen molar-refractivity contribution in [2.75, 3.05) is 18.0 Å². The number of hydrogen-bond donors (Lipinski definition) is 1. The minimum Gasteiger partial charge on any atom is -0.354 e. The van der Waals surface area contributed by atoms with Crippen molar-refractivity contribution in [3.63, 3.8) is 0 Å². The zero-order valence-electron chi connectivity index (χ0n) is 14.3. The van der Waals surface area contributed by atoms with Gasteiger partial charge < -0.3 is 10.2 Å². The summed E-state index contributed by atoms with van der Waals surface area (Å²) in [7, 11) is 0. The second-order valence-corrected chi connectivity index (χ2v) is 7.18. The molecule has 1 aromatic rings. The van der Waals surface area contributed by atoms with Crippen molar-refractivity contribution in [1.29, 1.82) is 0 Å². The predicted molar refractivity (Wildman–Crippen MR) is 90.7 cm³/mol. The van der Waals surface area contributed by atoms with Crippen LogP contribution in [-0.2, 0) is 6.54 Å². The average Bonchev–Trinajstić information content (AvgIpc) is 2.40. The molecule has 0 saturated carbocycles. The molecule has 1 aliphatic rings. The maximum atomic E-state index is 4.78. The molecule has 2 unspecified atom stereocenters. The van der Waals surface area contributed by atoms with Crippen molar-refractivity contribution in [2.45, 2.75) is 60.0 Å². The predicted octanol–water partition coefficient (Wildman–Crippen LogP) is 3.76. The van der Waals surface area contributed by atoms with E-state index >= 15 is 0 Å². The zero-order valence-corrected chi connectivity index (χ0v) is 14.3. The van der Waals surface area contributed by atoms with Gasteiger partial charge in [-0.1, -0.05) is 20.8 Å². The van der Waals surface area contributed by atoms with Gasteiger partial charge in [-0.25, -0.2) is 4.98 Å². The second-order valence-electron chi connectivity index (χ2n) is 7.18. The fraction of sp³-hybridized carbons (Fsp3) is 0.722. The molecule has 3 nitrogen and oxygen atoms in total. The van der Waals surface area contributed by atoms with E-state index in [9.17, 15) is 0 Å². The Morgan fingerprint density at radius 1 is 1.29 bits per heavy atom. The van der Waals surface area contributed by atoms with Crippen molar-refractivity contribution < 1.29 is 0 Å². The van der Waals surface area contributed by atoms with Crippen molar-refractivity contribution in [3.05, 3.63) is 23.4 Å². The van der Waals surface area contributed by atoms with E-state index in [0.717, 1.165) is 37.1 Å². The maximum absolute atomic E-state index is 4.78. The summed E-state index contributed by atoms with van der Waals surface area (Å²) < 4.78 is 0. The van der Waals surface area contributed by atoms with Gasteiger partial charge in [0.05, 0.1) is 0 Å². The van der Waals surface area contributed by atoms with E-state index in [-0.39, 0.29) is 0 Å². The lowest BCUT2D eigenvalue weighted by molar-refractivity contribution is 0.388. The molecule has 21 heavy (non-hydrogen) atoms. The topological polar surface area (TPSA) is 28.2 Å². The fourth-order valence-electron chi connectivity index (χ4n) is 3.08. The number of pyridine rings is 1. The molecule has 2 atom stereocenters. The molecule has 0 bridgehead atoms. The number of nitrogens with one attached hydrogen (secondary N) is 1. The van der Waals surface area contributed by atoms with E-state index in [1.165, 1.54) is 18.4 Å². The van der Waals surface area contributed by atoms with Crippen LogP contribution in [0.1, 0.15) is 51.8 Å². The van der Waals surface area contributed by atoms with E-state index in [0.29, 0.717) is 12.0 Å². The quantitative estimate of drug-likeness (QED) is 0.894. The van der Waals surface area contributed by atoms with Crippen LogP contribution in [0.25, 0.3) is 0 Å². The van der Waals surface area contributed by atoms with Crippen molar-refractivity contribution in [2.24, 2.45) is 11.8 Å². The lowest BCUT2D eigenvalue weighted by Crippen LogP contribution is -2.41. The van der Waals surface area contributed by atoms with Gasteiger partial charge in [0, 0.05) is 24.8 Å². The molecule has 2 rings (SSSR count). The number of aryl methyl sites for hydroxylation is 1. The lowest BCUT2D eigenvalue weighted by atomic mass is 9.95. The number of hydrogen-bond acceptors (Lipinski definition) is 3. The molecule has 1 fully saturated rings. The highest BCUT2D eigenvalue weighted by atomic mass is 15.2. The summed E-state index contributed by atoms with van der Waals surface area (Å²) in [6, 6.07) is 5.08. The highest BCUT2D eigenvalue weighted by molar-refractivity contribution is 5.44. The van der Waals surface area contributed by atoms with Gasteiger partial charge in [-0.2, -0.15) is 0 Å². The number of aromatic nitrogens is 1. The normalized spacial score (nSPS) is 22.9.